The minimum absolute atomic E-state index is 0.0123. The molecule has 0 bridgehead atoms. The molecule has 2 unspecified atom stereocenters. The van der Waals surface area contributed by atoms with Crippen LogP contribution in [0.2, 0.25) is 0 Å². The molecule has 1 N–H and O–H groups in total. The van der Waals surface area contributed by atoms with Crippen LogP contribution in [0.3, 0.4) is 0 Å². The number of carbonyl (C=O) groups is 1. The van der Waals surface area contributed by atoms with Gasteiger partial charge in [0.1, 0.15) is 12.4 Å². The van der Waals surface area contributed by atoms with E-state index in [1.165, 1.54) is 69.8 Å². The molecule has 0 radical (unpaired) electrons. The van der Waals surface area contributed by atoms with Gasteiger partial charge in [0.15, 0.2) is 6.10 Å². The van der Waals surface area contributed by atoms with E-state index >= 15 is 0 Å². The molecule has 0 saturated carbocycles. The van der Waals surface area contributed by atoms with Gasteiger partial charge < -0.3 is 28.3 Å². The van der Waals surface area contributed by atoms with Crippen molar-refractivity contribution >= 4 is 14.6 Å². The summed E-state index contributed by atoms with van der Waals surface area (Å²) >= 11 is 0. The van der Waals surface area contributed by atoms with Crippen molar-refractivity contribution < 1.29 is 28.2 Å². The highest BCUT2D eigenvalue weighted by Crippen LogP contribution is 2.33. The van der Waals surface area contributed by atoms with Gasteiger partial charge in [-0.05, 0) is 57.6 Å². The Morgan fingerprint density at radius 3 is 2.08 bits per heavy atom. The Morgan fingerprint density at radius 2 is 1.49 bits per heavy atom. The summed E-state index contributed by atoms with van der Waals surface area (Å²) in [4.78, 5) is 23.8. The van der Waals surface area contributed by atoms with Gasteiger partial charge in [-0.1, -0.05) is 83.8 Å². The fourth-order valence-electron chi connectivity index (χ4n) is 3.85. The number of hydrogen-bond acceptors (Lipinski definition) is 7. The van der Waals surface area contributed by atoms with Gasteiger partial charge in [0, 0.05) is 6.42 Å². The van der Waals surface area contributed by atoms with Crippen LogP contribution in [0.5, 0.6) is 5.75 Å². The van der Waals surface area contributed by atoms with E-state index in [0.717, 1.165) is 25.1 Å². The zero-order valence-electron chi connectivity index (χ0n) is 23.8. The Balaban J connectivity index is 2.28. The lowest BCUT2D eigenvalue weighted by atomic mass is 10.0. The van der Waals surface area contributed by atoms with Gasteiger partial charge in [0.05, 0.1) is 13.2 Å². The first-order valence-electron chi connectivity index (χ1n) is 14.2. The highest BCUT2D eigenvalue weighted by molar-refractivity contribution is 7.40. The molecular formula is C29H52NO6P. The van der Waals surface area contributed by atoms with E-state index in [4.69, 9.17) is 18.5 Å². The third-order valence-electron chi connectivity index (χ3n) is 6.09. The molecule has 0 aliphatic carbocycles. The zero-order valence-corrected chi connectivity index (χ0v) is 24.7. The van der Waals surface area contributed by atoms with Gasteiger partial charge in [0.25, 0.3) is 0 Å². The molecule has 0 aromatic heterocycles. The van der Waals surface area contributed by atoms with Crippen LogP contribution in [0.25, 0.3) is 0 Å². The van der Waals surface area contributed by atoms with Crippen molar-refractivity contribution in [2.45, 2.75) is 103 Å². The number of ether oxygens (including phenoxy) is 2. The van der Waals surface area contributed by atoms with Crippen LogP contribution in [0.1, 0.15) is 96.5 Å². The minimum atomic E-state index is -2.02. The molecule has 0 amide bonds. The maximum absolute atomic E-state index is 11.8. The molecule has 214 valence electrons. The summed E-state index contributed by atoms with van der Waals surface area (Å²) in [5.41, 5.74) is 1.31. The molecular weight excluding hydrogens is 489 g/mol. The molecule has 8 heteroatoms. The first kappa shape index (κ1) is 33.8. The number of rotatable bonds is 24. The van der Waals surface area contributed by atoms with E-state index in [2.05, 4.69) is 19.1 Å². The quantitative estimate of drug-likeness (QED) is 0.0853. The van der Waals surface area contributed by atoms with Crippen LogP contribution >= 0.6 is 8.60 Å². The number of nitrogens with zero attached hydrogens (tertiary/aromatic N) is 1. The van der Waals surface area contributed by atoms with Crippen molar-refractivity contribution in [2.75, 3.05) is 40.5 Å². The normalized spacial score (nSPS) is 13.0. The van der Waals surface area contributed by atoms with Gasteiger partial charge in [-0.25, -0.2) is 0 Å². The Kier molecular flexibility index (Phi) is 20.7. The lowest BCUT2D eigenvalue weighted by Gasteiger charge is -2.20. The van der Waals surface area contributed by atoms with Crippen molar-refractivity contribution in [3.05, 3.63) is 29.8 Å². The van der Waals surface area contributed by atoms with Crippen molar-refractivity contribution in [2.24, 2.45) is 0 Å². The number of carbonyl (C=O) groups excluding carboxylic acids is 1. The lowest BCUT2D eigenvalue weighted by molar-refractivity contribution is -0.152. The predicted octanol–water partition coefficient (Wildman–Crippen LogP) is 7.05. The molecule has 1 rings (SSSR count). The first-order valence-corrected chi connectivity index (χ1v) is 15.4. The third-order valence-corrected chi connectivity index (χ3v) is 6.86. The van der Waals surface area contributed by atoms with Gasteiger partial charge in [-0.15, -0.1) is 0 Å². The van der Waals surface area contributed by atoms with Crippen molar-refractivity contribution in [1.29, 1.82) is 0 Å². The second kappa shape index (κ2) is 22.7. The summed E-state index contributed by atoms with van der Waals surface area (Å²) in [7, 11) is 1.94. The number of unbranched alkanes of at least 4 members (excludes halogenated alkanes) is 9. The third kappa shape index (κ3) is 19.5. The van der Waals surface area contributed by atoms with Crippen LogP contribution in [0.15, 0.2) is 24.3 Å². The van der Waals surface area contributed by atoms with Gasteiger partial charge >= 0.3 is 14.6 Å². The topological polar surface area (TPSA) is 77.5 Å². The molecule has 0 aliphatic rings. The molecule has 0 spiro atoms. The van der Waals surface area contributed by atoms with Gasteiger partial charge in [-0.3, -0.25) is 4.79 Å². The second-order valence-corrected chi connectivity index (χ2v) is 10.9. The van der Waals surface area contributed by atoms with E-state index in [-0.39, 0.29) is 25.6 Å². The first-order chi connectivity index (χ1) is 17.9. The minimum Gasteiger partial charge on any atom is -0.490 e. The smallest absolute Gasteiger partial charge is 0.329 e. The van der Waals surface area contributed by atoms with Crippen molar-refractivity contribution in [3.63, 3.8) is 0 Å². The van der Waals surface area contributed by atoms with Crippen LogP contribution in [-0.4, -0.2) is 62.3 Å². The molecule has 0 fully saturated rings. The predicted molar refractivity (Wildman–Crippen MR) is 152 cm³/mol. The number of benzene rings is 1. The van der Waals surface area contributed by atoms with E-state index < -0.39 is 14.7 Å². The summed E-state index contributed by atoms with van der Waals surface area (Å²) in [6, 6.07) is 8.11. The molecule has 0 aliphatic heterocycles. The van der Waals surface area contributed by atoms with Crippen LogP contribution < -0.4 is 4.74 Å². The average Bonchev–Trinajstić information content (AvgIpc) is 2.89. The molecule has 2 atom stereocenters. The van der Waals surface area contributed by atoms with Crippen LogP contribution in [0, 0.1) is 0 Å². The Bertz CT molecular complexity index is 673. The fraction of sp³-hybridized carbons (Fsp3) is 0.759. The van der Waals surface area contributed by atoms with Gasteiger partial charge in [-0.2, -0.15) is 0 Å². The van der Waals surface area contributed by atoms with E-state index in [0.29, 0.717) is 6.61 Å². The zero-order chi connectivity index (χ0) is 27.1. The number of hydrogen-bond donors (Lipinski definition) is 1. The number of aryl methyl sites for hydroxylation is 1. The van der Waals surface area contributed by atoms with E-state index in [9.17, 15) is 9.69 Å². The van der Waals surface area contributed by atoms with Gasteiger partial charge in [0.2, 0.25) is 0 Å². The number of esters is 1. The van der Waals surface area contributed by atoms with E-state index in [1.54, 1.807) is 6.92 Å². The molecule has 1 aromatic carbocycles. The van der Waals surface area contributed by atoms with E-state index in [1.807, 2.05) is 31.1 Å². The summed E-state index contributed by atoms with van der Waals surface area (Å²) in [5, 5.41) is 0. The molecule has 0 heterocycles. The molecule has 7 nitrogen and oxygen atoms in total. The highest BCUT2D eigenvalue weighted by Gasteiger charge is 2.18. The standard InChI is InChI=1S/C29H52NO6P/c1-5-7-8-9-10-11-12-13-14-15-17-26-18-20-27(21-19-26)33-24-28(36-29(31)6-2)25-35-37(32)34-23-16-22-30(3)4/h18-21,28,32H,5-17,22-25H2,1-4H3. The Morgan fingerprint density at radius 1 is 0.865 bits per heavy atom. The highest BCUT2D eigenvalue weighted by atomic mass is 31.2. The summed E-state index contributed by atoms with van der Waals surface area (Å²) in [6.45, 7) is 5.43. The molecule has 37 heavy (non-hydrogen) atoms. The van der Waals surface area contributed by atoms with Crippen molar-refractivity contribution in [3.8, 4) is 5.75 Å². The summed E-state index contributed by atoms with van der Waals surface area (Å²) in [5.74, 6) is 0.383. The largest absolute Gasteiger partial charge is 0.490 e. The van der Waals surface area contributed by atoms with Crippen LogP contribution in [0.4, 0.5) is 0 Å². The maximum Gasteiger partial charge on any atom is 0.329 e. The monoisotopic (exact) mass is 541 g/mol. The maximum atomic E-state index is 11.8. The fourth-order valence-corrected chi connectivity index (χ4v) is 4.50. The summed E-state index contributed by atoms with van der Waals surface area (Å²) < 4.78 is 22.0. The Hall–Kier alpha value is -1.24. The van der Waals surface area contributed by atoms with Crippen LogP contribution in [-0.2, 0) is 25.0 Å². The Labute approximate surface area is 227 Å². The van der Waals surface area contributed by atoms with Crippen molar-refractivity contribution in [1.82, 2.24) is 4.90 Å². The second-order valence-electron chi connectivity index (χ2n) is 9.88. The lowest BCUT2D eigenvalue weighted by Crippen LogP contribution is -2.29. The SMILES string of the molecule is CCCCCCCCCCCCc1ccc(OCC(COP(O)OCCCN(C)C)OC(=O)CC)cc1. The molecule has 1 aromatic rings. The average molecular weight is 542 g/mol. The summed E-state index contributed by atoms with van der Waals surface area (Å²) in [6.07, 6.45) is 14.9. The molecule has 0 saturated heterocycles.